The van der Waals surface area contributed by atoms with Crippen LogP contribution in [0.1, 0.15) is 33.3 Å². The molecule has 4 nitrogen and oxygen atoms in total. The molecule has 1 aromatic rings. The van der Waals surface area contributed by atoms with Crippen molar-refractivity contribution in [2.24, 2.45) is 11.8 Å². The minimum Gasteiger partial charge on any atom is -0.406 e. The highest BCUT2D eigenvalue weighted by Gasteiger charge is 2.39. The van der Waals surface area contributed by atoms with Gasteiger partial charge in [-0.25, -0.2) is 0 Å². The Morgan fingerprint density at radius 3 is 2.24 bits per heavy atom. The molecule has 25 heavy (non-hydrogen) atoms. The molecule has 1 N–H and O–H groups in total. The van der Waals surface area contributed by atoms with Crippen LogP contribution in [0, 0.1) is 11.8 Å². The van der Waals surface area contributed by atoms with E-state index in [1.165, 1.54) is 0 Å². The van der Waals surface area contributed by atoms with Crippen LogP contribution in [0.5, 0.6) is 0 Å². The van der Waals surface area contributed by atoms with Gasteiger partial charge in [0.2, 0.25) is 0 Å². The highest BCUT2D eigenvalue weighted by atomic mass is 28.4. The summed E-state index contributed by atoms with van der Waals surface area (Å²) in [6.45, 7) is 14.4. The van der Waals surface area contributed by atoms with Crippen molar-refractivity contribution in [1.82, 2.24) is 0 Å². The van der Waals surface area contributed by atoms with Gasteiger partial charge in [-0.3, -0.25) is 4.79 Å². The van der Waals surface area contributed by atoms with E-state index in [9.17, 15) is 9.90 Å². The lowest BCUT2D eigenvalue weighted by molar-refractivity contribution is -0.141. The Balaban J connectivity index is 2.55. The van der Waals surface area contributed by atoms with E-state index in [4.69, 9.17) is 9.16 Å². The quantitative estimate of drug-likeness (QED) is 0.635. The van der Waals surface area contributed by atoms with Crippen molar-refractivity contribution in [2.45, 2.75) is 65.6 Å². The zero-order valence-electron chi connectivity index (χ0n) is 16.7. The molecular weight excluding hydrogens is 332 g/mol. The predicted molar refractivity (Wildman–Crippen MR) is 104 cm³/mol. The van der Waals surface area contributed by atoms with Crippen molar-refractivity contribution >= 4 is 14.1 Å². The average molecular weight is 367 g/mol. The van der Waals surface area contributed by atoms with Gasteiger partial charge in [0.1, 0.15) is 5.60 Å². The number of carbonyl (C=O) groups excluding carboxylic acids is 1. The fraction of sp³-hybridized carbons (Fsp3) is 0.650. The molecule has 0 saturated heterocycles. The number of hydrogen-bond acceptors (Lipinski definition) is 4. The van der Waals surface area contributed by atoms with Crippen molar-refractivity contribution in [3.8, 4) is 0 Å². The third kappa shape index (κ3) is 7.40. The molecule has 0 bridgehead atoms. The normalized spacial score (nSPS) is 16.3. The summed E-state index contributed by atoms with van der Waals surface area (Å²) in [5, 5.41) is 10.6. The summed E-state index contributed by atoms with van der Waals surface area (Å²) in [6.07, 6.45) is -0.757. The lowest BCUT2D eigenvalue weighted by Gasteiger charge is -2.35. The van der Waals surface area contributed by atoms with Crippen molar-refractivity contribution in [3.05, 3.63) is 35.9 Å². The van der Waals surface area contributed by atoms with E-state index < -0.39 is 25.9 Å². The molecule has 0 spiro atoms. The summed E-state index contributed by atoms with van der Waals surface area (Å²) in [6, 6.07) is 9.91. The van der Waals surface area contributed by atoms with Gasteiger partial charge in [0, 0.05) is 11.8 Å². The van der Waals surface area contributed by atoms with Gasteiger partial charge in [-0.1, -0.05) is 44.2 Å². The van der Waals surface area contributed by atoms with Crippen molar-refractivity contribution in [2.75, 3.05) is 6.61 Å². The zero-order valence-corrected chi connectivity index (χ0v) is 17.7. The van der Waals surface area contributed by atoms with E-state index in [0.29, 0.717) is 13.2 Å². The molecule has 0 aliphatic rings. The second-order valence-corrected chi connectivity index (χ2v) is 12.8. The molecule has 0 aromatic heterocycles. The van der Waals surface area contributed by atoms with Crippen LogP contribution in [0.25, 0.3) is 0 Å². The van der Waals surface area contributed by atoms with Gasteiger partial charge in [-0.2, -0.15) is 0 Å². The Hall–Kier alpha value is -1.01. The van der Waals surface area contributed by atoms with E-state index in [1.54, 1.807) is 20.8 Å². The minimum atomic E-state index is -1.85. The number of aliphatic hydroxyl groups excluding tert-OH is 1. The van der Waals surface area contributed by atoms with E-state index in [-0.39, 0.29) is 11.7 Å². The van der Waals surface area contributed by atoms with Crippen LogP contribution < -0.4 is 0 Å². The monoisotopic (exact) mass is 366 g/mol. The van der Waals surface area contributed by atoms with Crippen molar-refractivity contribution in [1.29, 1.82) is 0 Å². The molecule has 0 heterocycles. The van der Waals surface area contributed by atoms with Crippen LogP contribution in [0.4, 0.5) is 0 Å². The number of Topliss-reactive ketones (excluding diaryl/α,β-unsaturated/α-hetero) is 1. The van der Waals surface area contributed by atoms with Gasteiger partial charge >= 0.3 is 0 Å². The second kappa shape index (κ2) is 9.08. The van der Waals surface area contributed by atoms with E-state index in [0.717, 1.165) is 5.56 Å². The van der Waals surface area contributed by atoms with Crippen LogP contribution in [0.3, 0.4) is 0 Å². The second-order valence-electron chi connectivity index (χ2n) is 8.35. The van der Waals surface area contributed by atoms with Crippen LogP contribution in [-0.4, -0.2) is 37.5 Å². The molecule has 0 unspecified atom stereocenters. The fourth-order valence-electron chi connectivity index (χ4n) is 3.05. The standard InChI is InChI=1S/C20H34O4Si/c1-15(13-23-14-17-11-9-8-10-12-17)18(21)16(2)19(22)20(3,4)24-25(5,6)7/h8-12,15-16,18,21H,13-14H2,1-7H3/t15-,16+,18-/m0/s1. The van der Waals surface area contributed by atoms with E-state index in [1.807, 2.05) is 37.3 Å². The topological polar surface area (TPSA) is 55.8 Å². The number of ketones is 1. The third-order valence-corrected chi connectivity index (χ3v) is 5.28. The smallest absolute Gasteiger partial charge is 0.185 e. The minimum absolute atomic E-state index is 0.0580. The fourth-order valence-corrected chi connectivity index (χ4v) is 4.68. The molecule has 0 radical (unpaired) electrons. The summed E-state index contributed by atoms with van der Waals surface area (Å²) >= 11 is 0. The summed E-state index contributed by atoms with van der Waals surface area (Å²) < 4.78 is 11.7. The SMILES string of the molecule is C[C@@H](COCc1ccccc1)[C@H](O)[C@@H](C)C(=O)C(C)(C)O[Si](C)(C)C. The van der Waals surface area contributed by atoms with Gasteiger partial charge in [-0.15, -0.1) is 0 Å². The van der Waals surface area contributed by atoms with Gasteiger partial charge in [0.25, 0.3) is 0 Å². The number of aliphatic hydroxyl groups is 1. The Bertz CT molecular complexity index is 536. The van der Waals surface area contributed by atoms with E-state index in [2.05, 4.69) is 19.6 Å². The number of ether oxygens (including phenoxy) is 1. The number of hydrogen-bond donors (Lipinski definition) is 1. The number of rotatable bonds is 10. The molecule has 0 saturated carbocycles. The predicted octanol–water partition coefficient (Wildman–Crippen LogP) is 4.04. The first kappa shape index (κ1) is 22.0. The number of carbonyl (C=O) groups is 1. The Kier molecular flexibility index (Phi) is 8.00. The molecule has 5 heteroatoms. The molecule has 1 rings (SSSR count). The van der Waals surface area contributed by atoms with Gasteiger partial charge in [0.05, 0.1) is 19.3 Å². The highest BCUT2D eigenvalue weighted by Crippen LogP contribution is 2.25. The first-order chi connectivity index (χ1) is 11.4. The number of benzene rings is 1. The lowest BCUT2D eigenvalue weighted by Crippen LogP contribution is -2.49. The molecule has 3 atom stereocenters. The maximum Gasteiger partial charge on any atom is 0.185 e. The van der Waals surface area contributed by atoms with Crippen LogP contribution in [-0.2, 0) is 20.6 Å². The Morgan fingerprint density at radius 2 is 1.72 bits per heavy atom. The van der Waals surface area contributed by atoms with Gasteiger partial charge in [-0.05, 0) is 39.1 Å². The zero-order chi connectivity index (χ0) is 19.3. The molecule has 0 aliphatic carbocycles. The maximum absolute atomic E-state index is 12.8. The summed E-state index contributed by atoms with van der Waals surface area (Å²) in [4.78, 5) is 12.8. The molecule has 0 aliphatic heterocycles. The van der Waals surface area contributed by atoms with Crippen molar-refractivity contribution in [3.63, 3.8) is 0 Å². The van der Waals surface area contributed by atoms with Crippen LogP contribution in [0.2, 0.25) is 19.6 Å². The van der Waals surface area contributed by atoms with Crippen LogP contribution >= 0.6 is 0 Å². The molecule has 1 aromatic carbocycles. The van der Waals surface area contributed by atoms with Crippen molar-refractivity contribution < 1.29 is 19.1 Å². The van der Waals surface area contributed by atoms with Gasteiger partial charge in [0.15, 0.2) is 14.1 Å². The Labute approximate surface area is 153 Å². The first-order valence-electron chi connectivity index (χ1n) is 8.98. The molecule has 0 amide bonds. The molecular formula is C20H34O4Si. The molecule has 0 fully saturated rings. The summed E-state index contributed by atoms with van der Waals surface area (Å²) in [5.74, 6) is -0.690. The third-order valence-electron chi connectivity index (χ3n) is 4.16. The summed E-state index contributed by atoms with van der Waals surface area (Å²) in [5.41, 5.74) is 0.216. The largest absolute Gasteiger partial charge is 0.406 e. The first-order valence-corrected chi connectivity index (χ1v) is 12.4. The Morgan fingerprint density at radius 1 is 1.16 bits per heavy atom. The highest BCUT2D eigenvalue weighted by molar-refractivity contribution is 6.70. The van der Waals surface area contributed by atoms with Crippen LogP contribution in [0.15, 0.2) is 30.3 Å². The van der Waals surface area contributed by atoms with E-state index >= 15 is 0 Å². The average Bonchev–Trinajstić information content (AvgIpc) is 2.51. The van der Waals surface area contributed by atoms with Gasteiger partial charge < -0.3 is 14.3 Å². The molecule has 142 valence electrons. The maximum atomic E-state index is 12.8. The summed E-state index contributed by atoms with van der Waals surface area (Å²) in [7, 11) is -1.85. The lowest BCUT2D eigenvalue weighted by atomic mass is 9.84.